The summed E-state index contributed by atoms with van der Waals surface area (Å²) in [4.78, 5) is 4.49. The van der Waals surface area contributed by atoms with Crippen LogP contribution in [0.3, 0.4) is 0 Å². The molecule has 0 spiro atoms. The number of hydrogen-bond acceptors (Lipinski definition) is 3. The third-order valence-electron chi connectivity index (χ3n) is 3.52. The van der Waals surface area contributed by atoms with Gasteiger partial charge in [-0.15, -0.1) is 11.3 Å². The zero-order valence-corrected chi connectivity index (χ0v) is 11.5. The highest BCUT2D eigenvalue weighted by Crippen LogP contribution is 2.40. The van der Waals surface area contributed by atoms with E-state index in [4.69, 9.17) is 0 Å². The molecule has 2 rings (SSSR count). The summed E-state index contributed by atoms with van der Waals surface area (Å²) in [7, 11) is 0. The molecule has 0 amide bonds. The van der Waals surface area contributed by atoms with Crippen LogP contribution in [0, 0.1) is 18.3 Å². The second-order valence-electron chi connectivity index (χ2n) is 5.92. The Morgan fingerprint density at radius 3 is 2.75 bits per heavy atom. The Hall–Kier alpha value is -0.410. The maximum absolute atomic E-state index is 4.49. The molecule has 90 valence electrons. The Morgan fingerprint density at radius 1 is 1.50 bits per heavy atom. The van der Waals surface area contributed by atoms with Gasteiger partial charge in [-0.25, -0.2) is 4.98 Å². The molecule has 0 aromatic carbocycles. The first kappa shape index (κ1) is 12.1. The van der Waals surface area contributed by atoms with Gasteiger partial charge in [0, 0.05) is 23.7 Å². The van der Waals surface area contributed by atoms with Crippen molar-refractivity contribution in [1.82, 2.24) is 10.3 Å². The summed E-state index contributed by atoms with van der Waals surface area (Å²) in [6.45, 7) is 10.1. The molecule has 0 saturated heterocycles. The van der Waals surface area contributed by atoms with Crippen molar-refractivity contribution in [3.05, 3.63) is 16.1 Å². The van der Waals surface area contributed by atoms with Crippen LogP contribution in [0.1, 0.15) is 44.3 Å². The van der Waals surface area contributed by atoms with Crippen LogP contribution in [0.25, 0.3) is 0 Å². The van der Waals surface area contributed by atoms with Crippen LogP contribution < -0.4 is 5.32 Å². The average molecular weight is 238 g/mol. The van der Waals surface area contributed by atoms with Gasteiger partial charge in [0.15, 0.2) is 0 Å². The zero-order valence-electron chi connectivity index (χ0n) is 10.7. The van der Waals surface area contributed by atoms with E-state index in [1.165, 1.54) is 17.8 Å². The molecule has 1 fully saturated rings. The lowest BCUT2D eigenvalue weighted by atomic mass is 9.91. The minimum Gasteiger partial charge on any atom is -0.307 e. The quantitative estimate of drug-likeness (QED) is 0.873. The van der Waals surface area contributed by atoms with Gasteiger partial charge in [-0.1, -0.05) is 20.8 Å². The molecule has 1 aliphatic carbocycles. The van der Waals surface area contributed by atoms with Gasteiger partial charge in [0.25, 0.3) is 0 Å². The van der Waals surface area contributed by atoms with Crippen LogP contribution in [0.5, 0.6) is 0 Å². The van der Waals surface area contributed by atoms with E-state index in [2.05, 4.69) is 43.4 Å². The van der Waals surface area contributed by atoms with E-state index in [0.717, 1.165) is 18.2 Å². The molecule has 2 nitrogen and oxygen atoms in total. The second kappa shape index (κ2) is 4.46. The lowest BCUT2D eigenvalue weighted by molar-refractivity contribution is 0.362. The fourth-order valence-corrected chi connectivity index (χ4v) is 3.59. The first-order valence-electron chi connectivity index (χ1n) is 6.11. The first-order chi connectivity index (χ1) is 7.46. The van der Waals surface area contributed by atoms with E-state index in [9.17, 15) is 0 Å². The Morgan fingerprint density at radius 2 is 2.25 bits per heavy atom. The summed E-state index contributed by atoms with van der Waals surface area (Å²) in [5.74, 6) is 0.788. The van der Waals surface area contributed by atoms with E-state index >= 15 is 0 Å². The normalized spacial score (nSPS) is 28.5. The Bertz CT molecular complexity index is 357. The number of aryl methyl sites for hydroxylation is 1. The number of rotatable bonds is 3. The van der Waals surface area contributed by atoms with E-state index in [-0.39, 0.29) is 0 Å². The molecule has 1 N–H and O–H groups in total. The Labute approximate surface area is 102 Å². The van der Waals surface area contributed by atoms with E-state index in [1.54, 1.807) is 11.3 Å². The molecule has 1 aromatic heterocycles. The summed E-state index contributed by atoms with van der Waals surface area (Å²) in [6.07, 6.45) is 2.63. The van der Waals surface area contributed by atoms with Crippen LogP contribution in [0.2, 0.25) is 0 Å². The average Bonchev–Trinajstić information content (AvgIpc) is 2.67. The Balaban J connectivity index is 1.87. The summed E-state index contributed by atoms with van der Waals surface area (Å²) in [5.41, 5.74) is 1.65. The molecule has 16 heavy (non-hydrogen) atoms. The predicted octanol–water partition coefficient (Wildman–Crippen LogP) is 3.37. The van der Waals surface area contributed by atoms with Gasteiger partial charge >= 0.3 is 0 Å². The molecule has 0 aliphatic heterocycles. The molecule has 1 aromatic rings. The van der Waals surface area contributed by atoms with Crippen molar-refractivity contribution in [1.29, 1.82) is 0 Å². The van der Waals surface area contributed by atoms with Crippen LogP contribution in [-0.2, 0) is 6.54 Å². The van der Waals surface area contributed by atoms with Crippen molar-refractivity contribution >= 4 is 11.3 Å². The van der Waals surface area contributed by atoms with Crippen molar-refractivity contribution in [2.45, 2.75) is 53.1 Å². The van der Waals surface area contributed by atoms with Crippen molar-refractivity contribution in [2.75, 3.05) is 0 Å². The van der Waals surface area contributed by atoms with Gasteiger partial charge in [-0.2, -0.15) is 0 Å². The minimum atomic E-state index is 0.510. The summed E-state index contributed by atoms with van der Waals surface area (Å²) in [6, 6.07) is 0.666. The van der Waals surface area contributed by atoms with E-state index in [1.807, 2.05) is 0 Å². The fourth-order valence-electron chi connectivity index (χ4n) is 2.87. The molecule has 2 unspecified atom stereocenters. The molecule has 1 aliphatic rings. The van der Waals surface area contributed by atoms with E-state index in [0.29, 0.717) is 11.5 Å². The van der Waals surface area contributed by atoms with Crippen LogP contribution >= 0.6 is 11.3 Å². The number of nitrogens with one attached hydrogen (secondary N) is 1. The molecule has 2 atom stereocenters. The van der Waals surface area contributed by atoms with Crippen molar-refractivity contribution in [3.63, 3.8) is 0 Å². The number of hydrogen-bond donors (Lipinski definition) is 1. The van der Waals surface area contributed by atoms with Crippen molar-refractivity contribution in [3.8, 4) is 0 Å². The van der Waals surface area contributed by atoms with E-state index < -0.39 is 0 Å². The Kier molecular flexibility index (Phi) is 3.36. The highest BCUT2D eigenvalue weighted by Gasteiger charge is 2.36. The monoisotopic (exact) mass is 238 g/mol. The van der Waals surface area contributed by atoms with Gasteiger partial charge < -0.3 is 5.32 Å². The van der Waals surface area contributed by atoms with Crippen LogP contribution in [-0.4, -0.2) is 11.0 Å². The third kappa shape index (κ3) is 2.83. The summed E-state index contributed by atoms with van der Waals surface area (Å²) < 4.78 is 0. The zero-order chi connectivity index (χ0) is 11.8. The molecular formula is C13H22N2S. The molecule has 1 heterocycles. The smallest absolute Gasteiger partial charge is 0.107 e. The topological polar surface area (TPSA) is 24.9 Å². The molecule has 0 radical (unpaired) electrons. The highest BCUT2D eigenvalue weighted by molar-refractivity contribution is 7.09. The van der Waals surface area contributed by atoms with Crippen molar-refractivity contribution in [2.24, 2.45) is 11.3 Å². The molecule has 0 bridgehead atoms. The van der Waals surface area contributed by atoms with Gasteiger partial charge in [-0.3, -0.25) is 0 Å². The molecular weight excluding hydrogens is 216 g/mol. The maximum atomic E-state index is 4.49. The number of nitrogens with zero attached hydrogens (tertiary/aromatic N) is 1. The first-order valence-corrected chi connectivity index (χ1v) is 6.99. The third-order valence-corrected chi connectivity index (χ3v) is 4.48. The lowest BCUT2D eigenvalue weighted by Gasteiger charge is -2.17. The van der Waals surface area contributed by atoms with Gasteiger partial charge in [0.2, 0.25) is 0 Å². The SMILES string of the molecule is Cc1csc(CNC2CC(C)(C)CC2C)n1. The van der Waals surface area contributed by atoms with Gasteiger partial charge in [-0.05, 0) is 31.1 Å². The van der Waals surface area contributed by atoms with Crippen LogP contribution in [0.4, 0.5) is 0 Å². The fraction of sp³-hybridized carbons (Fsp3) is 0.769. The highest BCUT2D eigenvalue weighted by atomic mass is 32.1. The molecule has 1 saturated carbocycles. The van der Waals surface area contributed by atoms with Crippen LogP contribution in [0.15, 0.2) is 5.38 Å². The predicted molar refractivity (Wildman–Crippen MR) is 69.7 cm³/mol. The number of aromatic nitrogens is 1. The largest absolute Gasteiger partial charge is 0.307 e. The van der Waals surface area contributed by atoms with Gasteiger partial charge in [0.05, 0.1) is 0 Å². The number of thiazole rings is 1. The standard InChI is InChI=1S/C13H22N2S/c1-9-5-13(3,4)6-11(9)14-7-12-15-10(2)8-16-12/h8-9,11,14H,5-7H2,1-4H3. The minimum absolute atomic E-state index is 0.510. The van der Waals surface area contributed by atoms with Crippen molar-refractivity contribution < 1.29 is 0 Å². The summed E-state index contributed by atoms with van der Waals surface area (Å²) in [5, 5.41) is 7.01. The lowest BCUT2D eigenvalue weighted by Crippen LogP contribution is -2.31. The second-order valence-corrected chi connectivity index (χ2v) is 6.86. The molecule has 3 heteroatoms. The summed E-state index contributed by atoms with van der Waals surface area (Å²) >= 11 is 1.76. The van der Waals surface area contributed by atoms with Gasteiger partial charge in [0.1, 0.15) is 5.01 Å². The maximum Gasteiger partial charge on any atom is 0.107 e.